The topological polar surface area (TPSA) is 128 Å². The molecule has 9 nitrogen and oxygen atoms in total. The number of hydrogen-bond acceptors (Lipinski definition) is 7. The molecule has 0 aliphatic rings. The number of rotatable bonds is 6. The number of anilines is 2. The summed E-state index contributed by atoms with van der Waals surface area (Å²) in [6, 6.07) is 4.31. The number of aryl methyl sites for hydroxylation is 1. The molecular formula is C15H14F3N5O4S. The molecule has 0 aliphatic carbocycles. The molecule has 13 heteroatoms. The zero-order valence-electron chi connectivity index (χ0n) is 14.5. The fourth-order valence-electron chi connectivity index (χ4n) is 1.92. The van der Waals surface area contributed by atoms with E-state index in [4.69, 9.17) is 9.68 Å². The first-order chi connectivity index (χ1) is 12.9. The van der Waals surface area contributed by atoms with Gasteiger partial charge in [-0.15, -0.1) is 0 Å². The molecule has 2 aromatic rings. The lowest BCUT2D eigenvalue weighted by atomic mass is 10.1. The first-order valence-electron chi connectivity index (χ1n) is 7.50. The van der Waals surface area contributed by atoms with Gasteiger partial charge in [-0.1, -0.05) is 6.07 Å². The van der Waals surface area contributed by atoms with Crippen LogP contribution in [-0.2, 0) is 16.4 Å². The third-order valence-corrected chi connectivity index (χ3v) is 4.86. The van der Waals surface area contributed by atoms with E-state index in [1.807, 2.05) is 0 Å². The SMILES string of the molecule is Cc1ccc(C(F)(F)F)cc1Nc1nc(C(=O)NS(=O)(=O)N(C)CC#N)co1. The van der Waals surface area contributed by atoms with Gasteiger partial charge in [0, 0.05) is 12.7 Å². The van der Waals surface area contributed by atoms with Crippen LogP contribution in [-0.4, -0.2) is 37.2 Å². The van der Waals surface area contributed by atoms with Crippen LogP contribution in [0, 0.1) is 18.3 Å². The quantitative estimate of drug-likeness (QED) is 0.689. The Hall–Kier alpha value is -3.11. The minimum atomic E-state index is -4.55. The van der Waals surface area contributed by atoms with E-state index < -0.39 is 40.1 Å². The van der Waals surface area contributed by atoms with E-state index in [-0.39, 0.29) is 11.7 Å². The number of alkyl halides is 3. The zero-order valence-corrected chi connectivity index (χ0v) is 15.3. The van der Waals surface area contributed by atoms with E-state index in [0.29, 0.717) is 9.87 Å². The van der Waals surface area contributed by atoms with Crippen molar-refractivity contribution in [2.24, 2.45) is 0 Å². The van der Waals surface area contributed by atoms with E-state index in [2.05, 4.69) is 10.3 Å². The van der Waals surface area contributed by atoms with Crippen LogP contribution in [0.25, 0.3) is 0 Å². The molecule has 0 atom stereocenters. The third kappa shape index (κ3) is 4.99. The molecule has 0 fully saturated rings. The number of nitrogens with one attached hydrogen (secondary N) is 2. The summed E-state index contributed by atoms with van der Waals surface area (Å²) in [5, 5.41) is 11.0. The van der Waals surface area contributed by atoms with Gasteiger partial charge < -0.3 is 9.73 Å². The molecule has 0 saturated heterocycles. The fraction of sp³-hybridized carbons (Fsp3) is 0.267. The predicted octanol–water partition coefficient (Wildman–Crippen LogP) is 2.18. The van der Waals surface area contributed by atoms with Crippen LogP contribution >= 0.6 is 0 Å². The van der Waals surface area contributed by atoms with Crippen molar-refractivity contribution in [1.82, 2.24) is 14.0 Å². The number of hydrogen-bond donors (Lipinski definition) is 2. The number of benzene rings is 1. The summed E-state index contributed by atoms with van der Waals surface area (Å²) >= 11 is 0. The molecule has 0 aliphatic heterocycles. The van der Waals surface area contributed by atoms with Crippen molar-refractivity contribution in [3.8, 4) is 6.07 Å². The van der Waals surface area contributed by atoms with Crippen LogP contribution in [0.2, 0.25) is 0 Å². The van der Waals surface area contributed by atoms with Gasteiger partial charge in [0.1, 0.15) is 12.8 Å². The first-order valence-corrected chi connectivity index (χ1v) is 8.94. The molecule has 0 spiro atoms. The number of halogens is 3. The Labute approximate surface area is 157 Å². The number of amides is 1. The monoisotopic (exact) mass is 417 g/mol. The standard InChI is InChI=1S/C15H14F3N5O4S/c1-9-3-4-10(15(16,17)18)7-11(9)20-14-21-12(8-27-14)13(24)22-28(25,26)23(2)6-5-19/h3-4,7-8H,6H2,1-2H3,(H,20,21)(H,22,24). The molecule has 1 amide bonds. The Morgan fingerprint density at radius 3 is 2.68 bits per heavy atom. The minimum absolute atomic E-state index is 0.0463. The summed E-state index contributed by atoms with van der Waals surface area (Å²) < 4.78 is 69.4. The summed E-state index contributed by atoms with van der Waals surface area (Å²) in [7, 11) is -3.18. The van der Waals surface area contributed by atoms with E-state index in [1.54, 1.807) is 17.7 Å². The number of oxazole rings is 1. The van der Waals surface area contributed by atoms with Gasteiger partial charge in [0.05, 0.1) is 11.6 Å². The van der Waals surface area contributed by atoms with Crippen molar-refractivity contribution in [3.63, 3.8) is 0 Å². The highest BCUT2D eigenvalue weighted by Crippen LogP contribution is 2.32. The lowest BCUT2D eigenvalue weighted by molar-refractivity contribution is -0.137. The summed E-state index contributed by atoms with van der Waals surface area (Å²) in [6.07, 6.45) is -3.71. The molecular weight excluding hydrogens is 403 g/mol. The second-order valence-electron chi connectivity index (χ2n) is 5.54. The van der Waals surface area contributed by atoms with Crippen LogP contribution in [0.4, 0.5) is 24.9 Å². The lowest BCUT2D eigenvalue weighted by Crippen LogP contribution is -2.41. The summed E-state index contributed by atoms with van der Waals surface area (Å²) in [6.45, 7) is 1.07. The lowest BCUT2D eigenvalue weighted by Gasteiger charge is -2.13. The van der Waals surface area contributed by atoms with E-state index in [1.165, 1.54) is 6.07 Å². The molecule has 2 rings (SSSR count). The van der Waals surface area contributed by atoms with Gasteiger partial charge >= 0.3 is 16.4 Å². The molecule has 1 aromatic heterocycles. The Morgan fingerprint density at radius 2 is 2.07 bits per heavy atom. The van der Waals surface area contributed by atoms with Crippen LogP contribution in [0.1, 0.15) is 21.6 Å². The van der Waals surface area contributed by atoms with Crippen molar-refractivity contribution in [2.45, 2.75) is 13.1 Å². The number of carbonyl (C=O) groups is 1. The number of nitriles is 1. The maximum absolute atomic E-state index is 12.8. The molecule has 0 saturated carbocycles. The third-order valence-electron chi connectivity index (χ3n) is 3.47. The molecule has 0 unspecified atom stereocenters. The maximum Gasteiger partial charge on any atom is 0.416 e. The molecule has 0 bridgehead atoms. The van der Waals surface area contributed by atoms with Gasteiger partial charge in [-0.05, 0) is 24.6 Å². The number of aromatic nitrogens is 1. The van der Waals surface area contributed by atoms with Gasteiger partial charge in [0.15, 0.2) is 5.69 Å². The van der Waals surface area contributed by atoms with Crippen LogP contribution in [0.3, 0.4) is 0 Å². The second-order valence-corrected chi connectivity index (χ2v) is 7.32. The van der Waals surface area contributed by atoms with Crippen LogP contribution in [0.15, 0.2) is 28.9 Å². The Morgan fingerprint density at radius 1 is 1.39 bits per heavy atom. The molecule has 1 heterocycles. The van der Waals surface area contributed by atoms with E-state index >= 15 is 0 Å². The Kier molecular flexibility index (Phi) is 5.95. The van der Waals surface area contributed by atoms with Gasteiger partial charge in [-0.25, -0.2) is 4.72 Å². The Bertz CT molecular complexity index is 1030. The average Bonchev–Trinajstić information content (AvgIpc) is 3.04. The smallest absolute Gasteiger partial charge is 0.416 e. The number of carbonyl (C=O) groups excluding carboxylic acids is 1. The average molecular weight is 417 g/mol. The van der Waals surface area contributed by atoms with Crippen molar-refractivity contribution in [3.05, 3.63) is 41.3 Å². The number of nitrogens with zero attached hydrogens (tertiary/aromatic N) is 3. The zero-order chi connectivity index (χ0) is 21.1. The van der Waals surface area contributed by atoms with E-state index in [0.717, 1.165) is 25.4 Å². The van der Waals surface area contributed by atoms with Crippen molar-refractivity contribution in [1.29, 1.82) is 5.26 Å². The van der Waals surface area contributed by atoms with Gasteiger partial charge in [0.2, 0.25) is 0 Å². The minimum Gasteiger partial charge on any atom is -0.431 e. The van der Waals surface area contributed by atoms with E-state index in [9.17, 15) is 26.4 Å². The van der Waals surface area contributed by atoms with Gasteiger partial charge in [0.25, 0.3) is 11.9 Å². The molecule has 28 heavy (non-hydrogen) atoms. The van der Waals surface area contributed by atoms with Gasteiger partial charge in [-0.2, -0.15) is 36.1 Å². The summed E-state index contributed by atoms with van der Waals surface area (Å²) in [4.78, 5) is 15.7. The van der Waals surface area contributed by atoms with Gasteiger partial charge in [-0.3, -0.25) is 4.79 Å². The fourth-order valence-corrected chi connectivity index (χ4v) is 2.64. The summed E-state index contributed by atoms with van der Waals surface area (Å²) in [5.41, 5.74) is -0.819. The van der Waals surface area contributed by atoms with Crippen molar-refractivity contribution < 1.29 is 30.8 Å². The van der Waals surface area contributed by atoms with Crippen molar-refractivity contribution >= 4 is 27.8 Å². The molecule has 0 radical (unpaired) electrons. The van der Waals surface area contributed by atoms with Crippen LogP contribution < -0.4 is 10.0 Å². The largest absolute Gasteiger partial charge is 0.431 e. The molecule has 1 aromatic carbocycles. The predicted molar refractivity (Wildman–Crippen MR) is 90.6 cm³/mol. The normalized spacial score (nSPS) is 11.9. The highest BCUT2D eigenvalue weighted by Gasteiger charge is 2.31. The molecule has 2 N–H and O–H groups in total. The highest BCUT2D eigenvalue weighted by atomic mass is 32.2. The van der Waals surface area contributed by atoms with Crippen LogP contribution in [0.5, 0.6) is 0 Å². The highest BCUT2D eigenvalue weighted by molar-refractivity contribution is 7.87. The van der Waals surface area contributed by atoms with Crippen molar-refractivity contribution in [2.75, 3.05) is 18.9 Å². The second kappa shape index (κ2) is 7.87. The maximum atomic E-state index is 12.8. The Balaban J connectivity index is 2.17. The summed E-state index contributed by atoms with van der Waals surface area (Å²) in [5.74, 6) is -1.14. The molecule has 150 valence electrons. The first kappa shape index (κ1) is 21.2.